The number of carbonyl (C=O) groups is 1. The van der Waals surface area contributed by atoms with Gasteiger partial charge >= 0.3 is 0 Å². The highest BCUT2D eigenvalue weighted by atomic mass is 16.5. The molecule has 0 bridgehead atoms. The minimum Gasteiger partial charge on any atom is -0.483 e. The lowest BCUT2D eigenvalue weighted by atomic mass is 10.5. The molecule has 0 atom stereocenters. The summed E-state index contributed by atoms with van der Waals surface area (Å²) in [5, 5.41) is 6.89. The Kier molecular flexibility index (Phi) is 6.54. The van der Waals surface area contributed by atoms with E-state index < -0.39 is 0 Å². The Morgan fingerprint density at radius 3 is 2.75 bits per heavy atom. The van der Waals surface area contributed by atoms with Crippen LogP contribution in [0.15, 0.2) is 24.4 Å². The number of aromatic nitrogens is 1. The molecule has 1 N–H and O–H groups in total. The summed E-state index contributed by atoms with van der Waals surface area (Å²) in [4.78, 5) is 12.3. The van der Waals surface area contributed by atoms with Crippen molar-refractivity contribution in [3.8, 4) is 5.88 Å². The van der Waals surface area contributed by atoms with Crippen molar-refractivity contribution in [3.63, 3.8) is 0 Å². The van der Waals surface area contributed by atoms with Gasteiger partial charge in [0, 0.05) is 12.3 Å². The first-order chi connectivity index (χ1) is 5.85. The monoisotopic (exact) mass is 169 g/mol. The van der Waals surface area contributed by atoms with Crippen LogP contribution in [0.25, 0.3) is 0 Å². The van der Waals surface area contributed by atoms with Crippen LogP contribution in [-0.2, 0) is 4.79 Å². The fourth-order valence-corrected chi connectivity index (χ4v) is 0.580. The number of hydrogen-bond acceptors (Lipinski definition) is 3. The minimum absolute atomic E-state index is 0.250. The van der Waals surface area contributed by atoms with Crippen LogP contribution in [0.1, 0.15) is 6.92 Å². The van der Waals surface area contributed by atoms with E-state index in [1.165, 1.54) is 0 Å². The van der Waals surface area contributed by atoms with E-state index in [-0.39, 0.29) is 6.47 Å². The highest BCUT2D eigenvalue weighted by molar-refractivity contribution is 5.32. The van der Waals surface area contributed by atoms with E-state index in [4.69, 9.17) is 14.6 Å². The summed E-state index contributed by atoms with van der Waals surface area (Å²) in [5.41, 5.74) is 0. The summed E-state index contributed by atoms with van der Waals surface area (Å²) in [7, 11) is 0. The van der Waals surface area contributed by atoms with Crippen molar-refractivity contribution in [2.24, 2.45) is 0 Å². The van der Waals surface area contributed by atoms with Crippen LogP contribution in [-0.4, -0.2) is 23.2 Å². The second kappa shape index (κ2) is 7.53. The largest absolute Gasteiger partial charge is 0.483 e. The van der Waals surface area contributed by atoms with E-state index in [1.54, 1.807) is 6.20 Å². The summed E-state index contributed by atoms with van der Waals surface area (Å²) in [5.74, 6) is 0.694. The predicted molar refractivity (Wildman–Crippen MR) is 44.1 cm³/mol. The molecule has 1 heterocycles. The quantitative estimate of drug-likeness (QED) is 0.675. The van der Waals surface area contributed by atoms with Crippen LogP contribution in [0.4, 0.5) is 0 Å². The lowest BCUT2D eigenvalue weighted by Gasteiger charge is -1.97. The summed E-state index contributed by atoms with van der Waals surface area (Å²) in [6, 6.07) is 5.60. The van der Waals surface area contributed by atoms with Gasteiger partial charge in [-0.15, -0.1) is 0 Å². The maximum atomic E-state index is 8.36. The number of carboxylic acid groups (broad SMARTS) is 1. The molecule has 0 aliphatic heterocycles. The van der Waals surface area contributed by atoms with Crippen molar-refractivity contribution in [3.05, 3.63) is 24.4 Å². The van der Waals surface area contributed by atoms with Gasteiger partial charge in [0.15, 0.2) is 0 Å². The SMILES string of the molecule is CCOc1ccccn1.O=CO. The van der Waals surface area contributed by atoms with Gasteiger partial charge in [-0.05, 0) is 13.0 Å². The van der Waals surface area contributed by atoms with Crippen LogP contribution in [0, 0.1) is 0 Å². The van der Waals surface area contributed by atoms with Crippen LogP contribution in [0.3, 0.4) is 0 Å². The van der Waals surface area contributed by atoms with Gasteiger partial charge < -0.3 is 9.84 Å². The molecule has 1 aromatic rings. The van der Waals surface area contributed by atoms with E-state index in [0.29, 0.717) is 12.5 Å². The molecule has 0 radical (unpaired) electrons. The molecule has 0 aromatic carbocycles. The second-order valence-electron chi connectivity index (χ2n) is 1.71. The Hall–Kier alpha value is -1.58. The summed E-state index contributed by atoms with van der Waals surface area (Å²) in [6.07, 6.45) is 1.71. The normalized spacial score (nSPS) is 7.75. The maximum absolute atomic E-state index is 8.36. The van der Waals surface area contributed by atoms with Crippen LogP contribution in [0.5, 0.6) is 5.88 Å². The Bertz CT molecular complexity index is 201. The minimum atomic E-state index is -0.250. The van der Waals surface area contributed by atoms with Crippen LogP contribution >= 0.6 is 0 Å². The Labute approximate surface area is 70.8 Å². The molecule has 0 saturated heterocycles. The van der Waals surface area contributed by atoms with Gasteiger partial charge in [-0.25, -0.2) is 4.98 Å². The average Bonchev–Trinajstić information content (AvgIpc) is 2.08. The highest BCUT2D eigenvalue weighted by Crippen LogP contribution is 2.01. The molecule has 0 saturated carbocycles. The van der Waals surface area contributed by atoms with Crippen molar-refractivity contribution in [2.75, 3.05) is 6.61 Å². The Morgan fingerprint density at radius 1 is 1.67 bits per heavy atom. The maximum Gasteiger partial charge on any atom is 0.290 e. The van der Waals surface area contributed by atoms with Crippen molar-refractivity contribution in [1.82, 2.24) is 4.98 Å². The lowest BCUT2D eigenvalue weighted by Crippen LogP contribution is -1.92. The average molecular weight is 169 g/mol. The third kappa shape index (κ3) is 5.22. The fraction of sp³-hybridized carbons (Fsp3) is 0.250. The predicted octanol–water partition coefficient (Wildman–Crippen LogP) is 1.18. The van der Waals surface area contributed by atoms with E-state index in [0.717, 1.165) is 0 Å². The lowest BCUT2D eigenvalue weighted by molar-refractivity contribution is -0.122. The molecule has 0 aliphatic carbocycles. The molecule has 0 unspecified atom stereocenters. The fourth-order valence-electron chi connectivity index (χ4n) is 0.580. The van der Waals surface area contributed by atoms with Crippen molar-refractivity contribution in [1.29, 1.82) is 0 Å². The van der Waals surface area contributed by atoms with Gasteiger partial charge in [0.05, 0.1) is 6.61 Å². The van der Waals surface area contributed by atoms with Gasteiger partial charge in [0.2, 0.25) is 5.88 Å². The van der Waals surface area contributed by atoms with E-state index in [1.807, 2.05) is 25.1 Å². The second-order valence-corrected chi connectivity index (χ2v) is 1.71. The summed E-state index contributed by atoms with van der Waals surface area (Å²) < 4.78 is 5.09. The third-order valence-electron chi connectivity index (χ3n) is 0.930. The van der Waals surface area contributed by atoms with Crippen molar-refractivity contribution in [2.45, 2.75) is 6.92 Å². The Morgan fingerprint density at radius 2 is 2.33 bits per heavy atom. The zero-order valence-electron chi connectivity index (χ0n) is 6.80. The smallest absolute Gasteiger partial charge is 0.290 e. The first-order valence-corrected chi connectivity index (χ1v) is 3.46. The first kappa shape index (κ1) is 10.4. The van der Waals surface area contributed by atoms with Crippen molar-refractivity contribution < 1.29 is 14.6 Å². The zero-order valence-corrected chi connectivity index (χ0v) is 6.80. The van der Waals surface area contributed by atoms with Gasteiger partial charge in [-0.1, -0.05) is 6.07 Å². The molecule has 66 valence electrons. The van der Waals surface area contributed by atoms with E-state index in [2.05, 4.69) is 4.98 Å². The van der Waals surface area contributed by atoms with Crippen molar-refractivity contribution >= 4 is 6.47 Å². The molecule has 4 nitrogen and oxygen atoms in total. The van der Waals surface area contributed by atoms with Gasteiger partial charge in [-0.2, -0.15) is 0 Å². The molecule has 0 amide bonds. The zero-order chi connectivity index (χ0) is 9.23. The topological polar surface area (TPSA) is 59.4 Å². The first-order valence-electron chi connectivity index (χ1n) is 3.46. The molecule has 1 rings (SSSR count). The molecule has 4 heteroatoms. The number of nitrogens with zero attached hydrogens (tertiary/aromatic N) is 1. The molecular weight excluding hydrogens is 158 g/mol. The molecule has 0 aliphatic rings. The molecule has 0 fully saturated rings. The molecular formula is C8H11NO3. The van der Waals surface area contributed by atoms with Gasteiger partial charge in [0.1, 0.15) is 0 Å². The van der Waals surface area contributed by atoms with Crippen LogP contribution < -0.4 is 4.74 Å². The third-order valence-corrected chi connectivity index (χ3v) is 0.930. The standard InChI is InChI=1S/C7H9NO.CH2O2/c1-2-9-7-5-3-4-6-8-7;2-1-3/h3-6H,2H2,1H3;1H,(H,2,3). The highest BCUT2D eigenvalue weighted by Gasteiger charge is 1.85. The molecule has 1 aromatic heterocycles. The summed E-state index contributed by atoms with van der Waals surface area (Å²) in [6.45, 7) is 2.37. The van der Waals surface area contributed by atoms with Gasteiger partial charge in [0.25, 0.3) is 6.47 Å². The van der Waals surface area contributed by atoms with Gasteiger partial charge in [-0.3, -0.25) is 4.79 Å². The summed E-state index contributed by atoms with van der Waals surface area (Å²) >= 11 is 0. The number of ether oxygens (including phenoxy) is 1. The van der Waals surface area contributed by atoms with E-state index in [9.17, 15) is 0 Å². The Balaban J connectivity index is 0.000000354. The number of pyridine rings is 1. The molecule has 0 spiro atoms. The number of hydrogen-bond donors (Lipinski definition) is 1. The van der Waals surface area contributed by atoms with E-state index >= 15 is 0 Å². The molecule has 12 heavy (non-hydrogen) atoms. The van der Waals surface area contributed by atoms with Crippen LogP contribution in [0.2, 0.25) is 0 Å². The number of rotatable bonds is 2.